The SMILES string of the molecule is COC1CC(OC2C(O)CC(OC3CCC4(C)C(CCC5(O)C4CC(OC(=O)C=Cc4ccccc4)C4(C)C(O)(C(C)O)CCC54O)C3)OC2C)OC(C)C1OC1CC(OC)C(OC2OC(C)C(O)C(OC)C2O)C(C)O1. The van der Waals surface area contributed by atoms with Crippen LogP contribution in [0.25, 0.3) is 6.08 Å². The Bertz CT molecular complexity index is 2160. The van der Waals surface area contributed by atoms with Gasteiger partial charge in [0.2, 0.25) is 0 Å². The van der Waals surface area contributed by atoms with Crippen LogP contribution in [0.1, 0.15) is 125 Å². The zero-order valence-corrected chi connectivity index (χ0v) is 46.5. The molecule has 4 saturated carbocycles. The predicted octanol–water partition coefficient (Wildman–Crippen LogP) is 3.42. The van der Waals surface area contributed by atoms with Crippen LogP contribution in [0.5, 0.6) is 0 Å². The maximum atomic E-state index is 13.6. The molecule has 9 rings (SSSR count). The van der Waals surface area contributed by atoms with Crippen molar-refractivity contribution in [1.82, 2.24) is 0 Å². The van der Waals surface area contributed by atoms with Crippen molar-refractivity contribution in [1.29, 1.82) is 0 Å². The van der Waals surface area contributed by atoms with Crippen LogP contribution in [0.4, 0.5) is 0 Å². The van der Waals surface area contributed by atoms with Crippen molar-refractivity contribution < 1.29 is 97.4 Å². The van der Waals surface area contributed by atoms with Crippen LogP contribution in [-0.2, 0) is 61.6 Å². The van der Waals surface area contributed by atoms with E-state index in [1.165, 1.54) is 20.1 Å². The number of rotatable bonds is 15. The molecule has 77 heavy (non-hydrogen) atoms. The van der Waals surface area contributed by atoms with Crippen LogP contribution >= 0.6 is 0 Å². The van der Waals surface area contributed by atoms with Gasteiger partial charge in [-0.2, -0.15) is 0 Å². The topological polar surface area (TPSA) is 269 Å². The monoisotopic (exact) mass is 1090 g/mol. The summed E-state index contributed by atoms with van der Waals surface area (Å²) in [6.07, 6.45) is -8.55. The summed E-state index contributed by atoms with van der Waals surface area (Å²) in [5.74, 6) is -1.10. The molecule has 27 unspecified atom stereocenters. The molecule has 8 fully saturated rings. The van der Waals surface area contributed by atoms with Crippen molar-refractivity contribution in [3.05, 3.63) is 42.0 Å². The molecular formula is C57H88O20. The first kappa shape index (κ1) is 59.3. The minimum absolute atomic E-state index is 0.0187. The van der Waals surface area contributed by atoms with Crippen molar-refractivity contribution in [3.8, 4) is 0 Å². The van der Waals surface area contributed by atoms with Gasteiger partial charge in [-0.25, -0.2) is 4.79 Å². The molecule has 1 aromatic carbocycles. The van der Waals surface area contributed by atoms with Crippen LogP contribution in [0.3, 0.4) is 0 Å². The Hall–Kier alpha value is -2.29. The largest absolute Gasteiger partial charge is 0.458 e. The Kier molecular flexibility index (Phi) is 17.8. The van der Waals surface area contributed by atoms with Gasteiger partial charge in [-0.05, 0) is 115 Å². The van der Waals surface area contributed by atoms with Crippen molar-refractivity contribution in [3.63, 3.8) is 0 Å². The van der Waals surface area contributed by atoms with Gasteiger partial charge < -0.3 is 92.6 Å². The number of carbonyl (C=O) groups is 1. The Labute approximate surface area is 452 Å². The van der Waals surface area contributed by atoms with E-state index in [1.807, 2.05) is 51.1 Å². The summed E-state index contributed by atoms with van der Waals surface area (Å²) >= 11 is 0. The van der Waals surface area contributed by atoms with Gasteiger partial charge in [0.1, 0.15) is 53.9 Å². The van der Waals surface area contributed by atoms with Gasteiger partial charge in [0.05, 0.1) is 66.0 Å². The van der Waals surface area contributed by atoms with Crippen LogP contribution in [0, 0.1) is 22.7 Å². The first-order valence-electron chi connectivity index (χ1n) is 28.1. The molecule has 20 heteroatoms. The van der Waals surface area contributed by atoms with Crippen LogP contribution in [0.15, 0.2) is 36.4 Å². The molecule has 0 amide bonds. The fraction of sp³-hybridized carbons (Fsp3) is 0.842. The van der Waals surface area contributed by atoms with Gasteiger partial charge in [0, 0.05) is 46.7 Å². The third kappa shape index (κ3) is 10.6. The number of methoxy groups -OCH3 is 3. The molecule has 0 bridgehead atoms. The lowest BCUT2D eigenvalue weighted by Gasteiger charge is -2.69. The molecule has 20 nitrogen and oxygen atoms in total. The van der Waals surface area contributed by atoms with E-state index in [0.29, 0.717) is 25.7 Å². The fourth-order valence-electron chi connectivity index (χ4n) is 15.6. The molecule has 27 atom stereocenters. The zero-order valence-electron chi connectivity index (χ0n) is 46.5. The van der Waals surface area contributed by atoms with E-state index in [9.17, 15) is 40.5 Å². The first-order chi connectivity index (χ1) is 36.4. The summed E-state index contributed by atoms with van der Waals surface area (Å²) in [5, 5.41) is 82.4. The van der Waals surface area contributed by atoms with E-state index in [0.717, 1.165) is 5.56 Å². The molecule has 8 aliphatic rings. The van der Waals surface area contributed by atoms with Crippen LogP contribution in [0.2, 0.25) is 0 Å². The Balaban J connectivity index is 0.790. The van der Waals surface area contributed by atoms with Crippen molar-refractivity contribution in [2.45, 2.75) is 259 Å². The normalized spacial score (nSPS) is 50.6. The second-order valence-electron chi connectivity index (χ2n) is 24.1. The number of hydrogen-bond acceptors (Lipinski definition) is 20. The van der Waals surface area contributed by atoms with Gasteiger partial charge in [0.25, 0.3) is 0 Å². The summed E-state index contributed by atoms with van der Waals surface area (Å²) in [7, 11) is 4.57. The smallest absolute Gasteiger partial charge is 0.331 e. The summed E-state index contributed by atoms with van der Waals surface area (Å²) < 4.78 is 74.3. The Morgan fingerprint density at radius 1 is 0.662 bits per heavy atom. The van der Waals surface area contributed by atoms with E-state index in [2.05, 4.69) is 6.92 Å². The van der Waals surface area contributed by atoms with E-state index in [-0.39, 0.29) is 57.0 Å². The van der Waals surface area contributed by atoms with Crippen molar-refractivity contribution in [2.24, 2.45) is 22.7 Å². The number of aliphatic hydroxyl groups is 7. The summed E-state index contributed by atoms with van der Waals surface area (Å²) in [5.41, 5.74) is -6.68. The standard InChI is InChI=1S/C57H88O20/c1-29-46(61)51(68-10)47(62)52(72-29)77-50-32(4)71-45(27-39(50)67-9)76-49-31(3)70-44(26-38(49)66-8)75-48-30(2)69-43(25-37(48)59)73-36-19-20-53(6)35(24-36)18-21-56(64)40(53)28-41(74-42(60)17-16-34-14-12-11-13-15-34)54(7)55(63,33(5)58)22-23-57(54,56)65/h11-17,29-33,35-41,43-52,58-59,61-65H,18-28H2,1-10H3. The van der Waals surface area contributed by atoms with Crippen LogP contribution in [-0.4, -0.2) is 203 Å². The fourth-order valence-corrected chi connectivity index (χ4v) is 15.6. The van der Waals surface area contributed by atoms with Gasteiger partial charge in [-0.15, -0.1) is 0 Å². The number of hydrogen-bond donors (Lipinski definition) is 7. The highest BCUT2D eigenvalue weighted by molar-refractivity contribution is 5.87. The molecule has 7 N–H and O–H groups in total. The highest BCUT2D eigenvalue weighted by atomic mass is 16.8. The quantitative estimate of drug-likeness (QED) is 0.0753. The summed E-state index contributed by atoms with van der Waals surface area (Å²) in [6.45, 7) is 12.5. The first-order valence-corrected chi connectivity index (χ1v) is 28.1. The van der Waals surface area contributed by atoms with E-state index >= 15 is 0 Å². The number of esters is 1. The van der Waals surface area contributed by atoms with Crippen molar-refractivity contribution >= 4 is 12.0 Å². The maximum Gasteiger partial charge on any atom is 0.331 e. The van der Waals surface area contributed by atoms with Crippen LogP contribution < -0.4 is 0 Å². The van der Waals surface area contributed by atoms with Gasteiger partial charge in [0.15, 0.2) is 25.2 Å². The molecule has 0 spiro atoms. The molecular weight excluding hydrogens is 1000 g/mol. The number of benzene rings is 1. The molecule has 1 aromatic rings. The third-order valence-electron chi connectivity index (χ3n) is 20.1. The Morgan fingerprint density at radius 3 is 1.86 bits per heavy atom. The molecule has 4 aliphatic heterocycles. The summed E-state index contributed by atoms with van der Waals surface area (Å²) in [6, 6.07) is 9.33. The lowest BCUT2D eigenvalue weighted by molar-refractivity contribution is -0.356. The average molecular weight is 1090 g/mol. The molecule has 4 saturated heterocycles. The number of ether oxygens (including phenoxy) is 12. The molecule has 0 aromatic heterocycles. The molecule has 436 valence electrons. The average Bonchev–Trinajstić information content (AvgIpc) is 3.91. The third-order valence-corrected chi connectivity index (χ3v) is 20.1. The second-order valence-corrected chi connectivity index (χ2v) is 24.1. The predicted molar refractivity (Wildman–Crippen MR) is 273 cm³/mol. The number of aliphatic hydroxyl groups excluding tert-OH is 4. The minimum atomic E-state index is -1.88. The highest BCUT2D eigenvalue weighted by Crippen LogP contribution is 2.72. The highest BCUT2D eigenvalue weighted by Gasteiger charge is 2.81. The van der Waals surface area contributed by atoms with Gasteiger partial charge >= 0.3 is 5.97 Å². The minimum Gasteiger partial charge on any atom is -0.458 e. The molecule has 4 aliphatic carbocycles. The van der Waals surface area contributed by atoms with E-state index in [1.54, 1.807) is 34.1 Å². The molecule has 4 heterocycles. The lowest BCUT2D eigenvalue weighted by Crippen LogP contribution is -2.79. The maximum absolute atomic E-state index is 13.6. The second kappa shape index (κ2) is 23.2. The van der Waals surface area contributed by atoms with E-state index in [4.69, 9.17) is 56.8 Å². The molecule has 0 radical (unpaired) electrons. The van der Waals surface area contributed by atoms with Crippen molar-refractivity contribution in [2.75, 3.05) is 21.3 Å². The van der Waals surface area contributed by atoms with Gasteiger partial charge in [-0.3, -0.25) is 0 Å². The number of carbonyl (C=O) groups excluding carboxylic acids is 1. The van der Waals surface area contributed by atoms with Gasteiger partial charge in [-0.1, -0.05) is 44.2 Å². The Morgan fingerprint density at radius 2 is 1.26 bits per heavy atom. The zero-order chi connectivity index (χ0) is 55.6. The summed E-state index contributed by atoms with van der Waals surface area (Å²) in [4.78, 5) is 13.6. The van der Waals surface area contributed by atoms with E-state index < -0.39 is 156 Å². The number of fused-ring (bicyclic) bond motifs is 5. The lowest BCUT2D eigenvalue weighted by atomic mass is 9.40.